The standard InChI is InChI=1S/C31H40N10O2/c1-19-7-8-20(29(42)36-26-16-25(43-38-26)31(2,3)4)13-23(19)35-28-27-24(33-18-34-28)17-32-30(37-27)40(6)21-14-22(15-21)41-11-9-39(5)10-12-41/h7-8,13,16-18,21-22H,9-12,14-15H2,1-6H3,(H,33,34,35)(H,36,38,42). The Balaban J connectivity index is 1.17. The Hall–Kier alpha value is -4.16. The number of carbonyl (C=O) groups is 1. The first-order valence-corrected chi connectivity index (χ1v) is 14.8. The Labute approximate surface area is 251 Å². The lowest BCUT2D eigenvalue weighted by Crippen LogP contribution is -2.57. The predicted octanol–water partition coefficient (Wildman–Crippen LogP) is 4.22. The quantitative estimate of drug-likeness (QED) is 0.324. The van der Waals surface area contributed by atoms with Gasteiger partial charge in [0, 0.05) is 68.0 Å². The average Bonchev–Trinajstić information content (AvgIpc) is 3.43. The molecule has 0 unspecified atom stereocenters. The number of nitrogens with zero attached hydrogens (tertiary/aromatic N) is 8. The van der Waals surface area contributed by atoms with Crippen molar-refractivity contribution in [2.45, 2.75) is 58.0 Å². The molecule has 2 aliphatic rings. The first-order valence-electron chi connectivity index (χ1n) is 14.8. The van der Waals surface area contributed by atoms with Crippen LogP contribution in [-0.4, -0.2) is 93.2 Å². The van der Waals surface area contributed by atoms with Crippen molar-refractivity contribution >= 4 is 40.2 Å². The summed E-state index contributed by atoms with van der Waals surface area (Å²) in [7, 11) is 4.25. The number of carbonyl (C=O) groups excluding carboxylic acids is 1. The second-order valence-corrected chi connectivity index (χ2v) is 12.8. The Kier molecular flexibility index (Phi) is 7.74. The molecule has 0 bridgehead atoms. The van der Waals surface area contributed by atoms with E-state index in [-0.39, 0.29) is 11.3 Å². The smallest absolute Gasteiger partial charge is 0.256 e. The Morgan fingerprint density at radius 1 is 1.07 bits per heavy atom. The number of amides is 1. The van der Waals surface area contributed by atoms with Gasteiger partial charge in [0.1, 0.15) is 23.1 Å². The van der Waals surface area contributed by atoms with Gasteiger partial charge >= 0.3 is 0 Å². The molecule has 1 saturated carbocycles. The van der Waals surface area contributed by atoms with Crippen molar-refractivity contribution in [3.8, 4) is 0 Å². The molecule has 1 amide bonds. The van der Waals surface area contributed by atoms with E-state index in [2.05, 4.69) is 59.5 Å². The lowest BCUT2D eigenvalue weighted by Gasteiger charge is -2.48. The third-order valence-corrected chi connectivity index (χ3v) is 8.61. The van der Waals surface area contributed by atoms with Gasteiger partial charge in [0.05, 0.1) is 6.20 Å². The third-order valence-electron chi connectivity index (χ3n) is 8.61. The van der Waals surface area contributed by atoms with Crippen LogP contribution in [0.4, 0.5) is 23.3 Å². The molecule has 1 saturated heterocycles. The minimum Gasteiger partial charge on any atom is -0.359 e. The van der Waals surface area contributed by atoms with Crippen LogP contribution in [-0.2, 0) is 5.41 Å². The summed E-state index contributed by atoms with van der Waals surface area (Å²) in [6.07, 6.45) is 5.46. The van der Waals surface area contributed by atoms with E-state index in [0.29, 0.717) is 52.0 Å². The first kappa shape index (κ1) is 28.9. The van der Waals surface area contributed by atoms with Gasteiger partial charge in [-0.2, -0.15) is 0 Å². The largest absolute Gasteiger partial charge is 0.359 e. The predicted molar refractivity (Wildman–Crippen MR) is 167 cm³/mol. The second-order valence-electron chi connectivity index (χ2n) is 12.8. The molecule has 0 spiro atoms. The summed E-state index contributed by atoms with van der Waals surface area (Å²) in [4.78, 5) is 38.7. The zero-order valence-corrected chi connectivity index (χ0v) is 25.8. The van der Waals surface area contributed by atoms with Crippen LogP contribution in [0.2, 0.25) is 0 Å². The van der Waals surface area contributed by atoms with Crippen molar-refractivity contribution in [2.24, 2.45) is 0 Å². The van der Waals surface area contributed by atoms with Gasteiger partial charge < -0.3 is 25.0 Å². The number of rotatable bonds is 7. The van der Waals surface area contributed by atoms with Gasteiger partial charge in [0.15, 0.2) is 11.6 Å². The van der Waals surface area contributed by atoms with Crippen LogP contribution in [0.5, 0.6) is 0 Å². The number of hydrogen-bond donors (Lipinski definition) is 2. The van der Waals surface area contributed by atoms with Gasteiger partial charge in [-0.25, -0.2) is 19.9 Å². The highest BCUT2D eigenvalue weighted by Gasteiger charge is 2.37. The Morgan fingerprint density at radius 3 is 2.56 bits per heavy atom. The molecule has 12 heteroatoms. The molecule has 1 aromatic carbocycles. The molecule has 43 heavy (non-hydrogen) atoms. The zero-order valence-electron chi connectivity index (χ0n) is 25.8. The van der Waals surface area contributed by atoms with Gasteiger partial charge in [0.2, 0.25) is 5.95 Å². The van der Waals surface area contributed by atoms with E-state index in [1.54, 1.807) is 24.4 Å². The minimum atomic E-state index is -0.286. The van der Waals surface area contributed by atoms with E-state index in [1.165, 1.54) is 6.33 Å². The number of fused-ring (bicyclic) bond motifs is 1. The van der Waals surface area contributed by atoms with Crippen molar-refractivity contribution in [1.82, 2.24) is 34.9 Å². The summed E-state index contributed by atoms with van der Waals surface area (Å²) in [5, 5.41) is 10.2. The maximum atomic E-state index is 13.1. The molecule has 3 aromatic heterocycles. The molecular formula is C31H40N10O2. The fraction of sp³-hybridized carbons (Fsp3) is 0.484. The topological polar surface area (TPSA) is 128 Å². The summed E-state index contributed by atoms with van der Waals surface area (Å²) in [6.45, 7) is 12.6. The highest BCUT2D eigenvalue weighted by Crippen LogP contribution is 2.33. The van der Waals surface area contributed by atoms with Crippen LogP contribution >= 0.6 is 0 Å². The number of likely N-dealkylation sites (N-methyl/N-ethyl adjacent to an activating group) is 1. The van der Waals surface area contributed by atoms with Crippen LogP contribution in [0.1, 0.15) is 55.3 Å². The van der Waals surface area contributed by atoms with Crippen molar-refractivity contribution < 1.29 is 9.32 Å². The highest BCUT2D eigenvalue weighted by molar-refractivity contribution is 6.04. The summed E-state index contributed by atoms with van der Waals surface area (Å²) in [5.74, 6) is 1.99. The van der Waals surface area contributed by atoms with Crippen molar-refractivity contribution in [3.63, 3.8) is 0 Å². The van der Waals surface area contributed by atoms with Gasteiger partial charge in [-0.3, -0.25) is 9.69 Å². The van der Waals surface area contributed by atoms with E-state index in [0.717, 1.165) is 50.3 Å². The molecular weight excluding hydrogens is 544 g/mol. The van der Waals surface area contributed by atoms with E-state index in [1.807, 2.05) is 33.8 Å². The molecule has 2 fully saturated rings. The molecule has 12 nitrogen and oxygen atoms in total. The number of anilines is 4. The second kappa shape index (κ2) is 11.5. The maximum Gasteiger partial charge on any atom is 0.256 e. The van der Waals surface area contributed by atoms with E-state index < -0.39 is 0 Å². The molecule has 4 aromatic rings. The molecule has 4 heterocycles. The number of piperazine rings is 1. The van der Waals surface area contributed by atoms with Crippen LogP contribution in [0.3, 0.4) is 0 Å². The maximum absolute atomic E-state index is 13.1. The van der Waals surface area contributed by atoms with E-state index >= 15 is 0 Å². The fourth-order valence-electron chi connectivity index (χ4n) is 5.53. The summed E-state index contributed by atoms with van der Waals surface area (Å²) in [5.41, 5.74) is 3.23. The van der Waals surface area contributed by atoms with Gasteiger partial charge in [-0.05, 0) is 44.5 Å². The lowest BCUT2D eigenvalue weighted by atomic mass is 9.84. The Bertz CT molecular complexity index is 1620. The molecule has 226 valence electrons. The monoisotopic (exact) mass is 584 g/mol. The molecule has 2 N–H and O–H groups in total. The summed E-state index contributed by atoms with van der Waals surface area (Å²) >= 11 is 0. The fourth-order valence-corrected chi connectivity index (χ4v) is 5.53. The molecule has 1 aliphatic carbocycles. The number of nitrogens with one attached hydrogen (secondary N) is 2. The van der Waals surface area contributed by atoms with Crippen molar-refractivity contribution in [3.05, 3.63) is 53.7 Å². The molecule has 0 radical (unpaired) electrons. The number of aromatic nitrogens is 5. The summed E-state index contributed by atoms with van der Waals surface area (Å²) < 4.78 is 5.41. The SMILES string of the molecule is Cc1ccc(C(=O)Nc2cc(C(C)(C)C)on2)cc1Nc1ncnc2cnc(N(C)C3CC(N4CCN(C)CC4)C3)nc12. The number of hydrogen-bond acceptors (Lipinski definition) is 11. The average molecular weight is 585 g/mol. The molecule has 6 rings (SSSR count). The zero-order chi connectivity index (χ0) is 30.3. The first-order chi connectivity index (χ1) is 20.5. The minimum absolute atomic E-state index is 0.208. The highest BCUT2D eigenvalue weighted by atomic mass is 16.5. The van der Waals surface area contributed by atoms with Gasteiger partial charge in [-0.15, -0.1) is 0 Å². The normalized spacial score (nSPS) is 19.7. The van der Waals surface area contributed by atoms with Crippen LogP contribution in [0.15, 0.2) is 41.3 Å². The van der Waals surface area contributed by atoms with E-state index in [4.69, 9.17) is 9.51 Å². The van der Waals surface area contributed by atoms with Gasteiger partial charge in [-0.1, -0.05) is 32.0 Å². The molecule has 1 aliphatic heterocycles. The lowest BCUT2D eigenvalue weighted by molar-refractivity contribution is 0.0605. The van der Waals surface area contributed by atoms with Crippen molar-refractivity contribution in [2.75, 3.05) is 55.8 Å². The third kappa shape index (κ3) is 6.16. The van der Waals surface area contributed by atoms with Crippen LogP contribution < -0.4 is 15.5 Å². The van der Waals surface area contributed by atoms with Gasteiger partial charge in [0.25, 0.3) is 5.91 Å². The summed E-state index contributed by atoms with van der Waals surface area (Å²) in [6, 6.07) is 8.24. The van der Waals surface area contributed by atoms with Crippen LogP contribution in [0.25, 0.3) is 11.0 Å². The van der Waals surface area contributed by atoms with Crippen molar-refractivity contribution in [1.29, 1.82) is 0 Å². The number of benzene rings is 1. The number of aryl methyl sites for hydroxylation is 1. The molecule has 0 atom stereocenters. The Morgan fingerprint density at radius 2 is 1.84 bits per heavy atom. The van der Waals surface area contributed by atoms with E-state index in [9.17, 15) is 4.79 Å². The van der Waals surface area contributed by atoms with Crippen LogP contribution in [0, 0.1) is 6.92 Å².